The van der Waals surface area contributed by atoms with Crippen LogP contribution in [0.25, 0.3) is 0 Å². The Morgan fingerprint density at radius 2 is 1.80 bits per heavy atom. The Morgan fingerprint density at radius 1 is 1.17 bits per heavy atom. The number of anilines is 1. The van der Waals surface area contributed by atoms with Gasteiger partial charge in [0.1, 0.15) is 0 Å². The largest absolute Gasteiger partial charge is 0.312 e. The number of hydrogen-bond acceptors (Lipinski definition) is 4. The molecule has 1 aromatic carbocycles. The fourth-order valence-corrected chi connectivity index (χ4v) is 5.19. The van der Waals surface area contributed by atoms with Crippen LogP contribution in [-0.4, -0.2) is 36.3 Å². The molecule has 2 amide bonds. The molecule has 0 radical (unpaired) electrons. The molecule has 6 heteroatoms. The number of imide groups is 1. The van der Waals surface area contributed by atoms with Crippen LogP contribution in [0, 0.1) is 5.92 Å². The zero-order chi connectivity index (χ0) is 22.3. The van der Waals surface area contributed by atoms with Crippen molar-refractivity contribution in [3.8, 4) is 0 Å². The highest BCUT2D eigenvalue weighted by Crippen LogP contribution is 2.34. The van der Waals surface area contributed by atoms with Crippen LogP contribution in [0.15, 0.2) is 24.3 Å². The van der Waals surface area contributed by atoms with Crippen molar-refractivity contribution in [3.63, 3.8) is 0 Å². The summed E-state index contributed by atoms with van der Waals surface area (Å²) in [6.07, 6.45) is 7.09. The lowest BCUT2D eigenvalue weighted by Gasteiger charge is -2.28. The van der Waals surface area contributed by atoms with E-state index in [0.29, 0.717) is 12.1 Å². The first-order valence-corrected chi connectivity index (χ1v) is 12.3. The predicted octanol–water partition coefficient (Wildman–Crippen LogP) is 4.49. The Labute approximate surface area is 187 Å². The van der Waals surface area contributed by atoms with Gasteiger partial charge >= 0.3 is 0 Å². The Hall–Kier alpha value is -1.56. The van der Waals surface area contributed by atoms with Gasteiger partial charge < -0.3 is 4.79 Å². The maximum atomic E-state index is 12.8. The maximum absolute atomic E-state index is 12.8. The Kier molecular flexibility index (Phi) is 9.20. The van der Waals surface area contributed by atoms with Crippen LogP contribution in [0.1, 0.15) is 78.2 Å². The van der Waals surface area contributed by atoms with E-state index in [1.165, 1.54) is 30.6 Å². The quantitative estimate of drug-likeness (QED) is 0.279. The summed E-state index contributed by atoms with van der Waals surface area (Å²) >= 11 is 1.63. The number of carbonyl (C=O) groups excluding carboxylic acids is 3. The highest BCUT2D eigenvalue weighted by molar-refractivity contribution is 8.00. The van der Waals surface area contributed by atoms with Crippen LogP contribution in [0.4, 0.5) is 5.69 Å². The van der Waals surface area contributed by atoms with Crippen molar-refractivity contribution in [1.82, 2.24) is 0 Å². The average Bonchev–Trinajstić information content (AvgIpc) is 2.97. The summed E-state index contributed by atoms with van der Waals surface area (Å²) in [5.41, 5.74) is 1.80. The van der Waals surface area contributed by atoms with Crippen LogP contribution in [-0.2, 0) is 19.8 Å². The second kappa shape index (κ2) is 11.2. The minimum atomic E-state index is -0.254. The van der Waals surface area contributed by atoms with Gasteiger partial charge in [0.2, 0.25) is 11.8 Å². The summed E-state index contributed by atoms with van der Waals surface area (Å²) in [6, 6.07) is 7.69. The van der Waals surface area contributed by atoms with Gasteiger partial charge in [-0.3, -0.25) is 9.59 Å². The van der Waals surface area contributed by atoms with E-state index in [0.717, 1.165) is 24.2 Å². The van der Waals surface area contributed by atoms with Gasteiger partial charge in [0.15, 0.2) is 7.85 Å². The van der Waals surface area contributed by atoms with Crippen molar-refractivity contribution in [2.45, 2.75) is 83.3 Å². The highest BCUT2D eigenvalue weighted by Gasteiger charge is 2.39. The molecule has 2 atom stereocenters. The van der Waals surface area contributed by atoms with Crippen molar-refractivity contribution in [2.75, 3.05) is 10.7 Å². The number of benzene rings is 1. The summed E-state index contributed by atoms with van der Waals surface area (Å²) in [5.74, 6) is 0.737. The summed E-state index contributed by atoms with van der Waals surface area (Å²) in [4.78, 5) is 38.3. The predicted molar refractivity (Wildman–Crippen MR) is 129 cm³/mol. The van der Waals surface area contributed by atoms with Crippen LogP contribution in [0.3, 0.4) is 0 Å². The van der Waals surface area contributed by atoms with Crippen molar-refractivity contribution >= 4 is 42.8 Å². The average molecular weight is 429 g/mol. The lowest BCUT2D eigenvalue weighted by Crippen LogP contribution is -2.31. The van der Waals surface area contributed by atoms with Crippen LogP contribution in [0.2, 0.25) is 0 Å². The standard InChI is InChI=1S/C24H36BNO3S/c1-5-6-7-8-9-14-30-20-15-21(27)26(23(20)29)19-12-10-18(11-13-19)24(3,4)16-17(2)22(25)28/h10-13,17,20H,5-9,14-16,25H2,1-4H3. The van der Waals surface area contributed by atoms with E-state index in [-0.39, 0.29) is 34.1 Å². The molecule has 1 fully saturated rings. The van der Waals surface area contributed by atoms with E-state index < -0.39 is 0 Å². The molecule has 0 N–H and O–H groups in total. The van der Waals surface area contributed by atoms with Crippen molar-refractivity contribution in [2.24, 2.45) is 5.92 Å². The van der Waals surface area contributed by atoms with Crippen LogP contribution in [0.5, 0.6) is 0 Å². The Bertz CT molecular complexity index is 747. The zero-order valence-electron chi connectivity index (χ0n) is 19.2. The summed E-state index contributed by atoms with van der Waals surface area (Å²) in [6.45, 7) is 8.41. The van der Waals surface area contributed by atoms with Gasteiger partial charge in [-0.05, 0) is 41.7 Å². The number of rotatable bonds is 12. The molecule has 1 aliphatic heterocycles. The molecule has 1 aromatic rings. The molecule has 0 aliphatic carbocycles. The number of nitrogens with zero attached hydrogens (tertiary/aromatic N) is 1. The monoisotopic (exact) mass is 429 g/mol. The molecule has 1 saturated heterocycles. The summed E-state index contributed by atoms with van der Waals surface area (Å²) < 4.78 is 0. The van der Waals surface area contributed by atoms with Crippen LogP contribution < -0.4 is 4.90 Å². The Balaban J connectivity index is 1.98. The molecule has 2 unspecified atom stereocenters. The van der Waals surface area contributed by atoms with Gasteiger partial charge in [-0.15, -0.1) is 11.8 Å². The Morgan fingerprint density at radius 3 is 2.40 bits per heavy atom. The molecule has 4 nitrogen and oxygen atoms in total. The molecule has 0 saturated carbocycles. The first-order valence-electron chi connectivity index (χ1n) is 11.3. The lowest BCUT2D eigenvalue weighted by atomic mass is 9.74. The molecular weight excluding hydrogens is 393 g/mol. The van der Waals surface area contributed by atoms with Gasteiger partial charge in [-0.25, -0.2) is 4.90 Å². The summed E-state index contributed by atoms with van der Waals surface area (Å²) in [5, 5.41) is -0.254. The maximum Gasteiger partial charge on any atom is 0.247 e. The van der Waals surface area contributed by atoms with E-state index in [9.17, 15) is 14.4 Å². The fraction of sp³-hybridized carbons (Fsp3) is 0.625. The molecule has 2 rings (SSSR count). The third-order valence-electron chi connectivity index (χ3n) is 6.09. The van der Waals surface area contributed by atoms with Gasteiger partial charge in [0, 0.05) is 12.3 Å². The van der Waals surface area contributed by atoms with E-state index >= 15 is 0 Å². The van der Waals surface area contributed by atoms with Crippen molar-refractivity contribution < 1.29 is 14.4 Å². The van der Waals surface area contributed by atoms with E-state index in [2.05, 4.69) is 20.8 Å². The van der Waals surface area contributed by atoms with Gasteiger partial charge in [0.05, 0.1) is 16.6 Å². The molecule has 30 heavy (non-hydrogen) atoms. The third kappa shape index (κ3) is 6.47. The fourth-order valence-electron chi connectivity index (χ4n) is 4.03. The third-order valence-corrected chi connectivity index (χ3v) is 7.38. The normalized spacial score (nSPS) is 18.1. The highest BCUT2D eigenvalue weighted by atomic mass is 32.2. The molecule has 1 aliphatic rings. The topological polar surface area (TPSA) is 54.5 Å². The number of hydrogen-bond donors (Lipinski definition) is 0. The van der Waals surface area contributed by atoms with Gasteiger partial charge in [0.25, 0.3) is 0 Å². The second-order valence-electron chi connectivity index (χ2n) is 9.19. The first kappa shape index (κ1) is 24.7. The molecule has 0 bridgehead atoms. The molecule has 0 spiro atoms. The minimum Gasteiger partial charge on any atom is -0.312 e. The minimum absolute atomic E-state index is 0.00108. The van der Waals surface area contributed by atoms with E-state index in [4.69, 9.17) is 0 Å². The van der Waals surface area contributed by atoms with E-state index in [1.807, 2.05) is 31.2 Å². The molecular formula is C24H36BNO3S. The van der Waals surface area contributed by atoms with E-state index in [1.54, 1.807) is 19.6 Å². The number of unbranched alkanes of at least 4 members (excludes halogenated alkanes) is 4. The molecule has 0 aromatic heterocycles. The van der Waals surface area contributed by atoms with Gasteiger partial charge in [-0.2, -0.15) is 0 Å². The SMILES string of the molecule is BC(=O)C(C)CC(C)(C)c1ccc(N2C(=O)CC(SCCCCCCC)C2=O)cc1. The second-order valence-corrected chi connectivity index (χ2v) is 10.5. The number of amides is 2. The smallest absolute Gasteiger partial charge is 0.247 e. The lowest BCUT2D eigenvalue weighted by molar-refractivity contribution is -0.121. The van der Waals surface area contributed by atoms with Crippen LogP contribution >= 0.6 is 11.8 Å². The number of carbonyl (C=O) groups is 3. The zero-order valence-corrected chi connectivity index (χ0v) is 20.0. The van der Waals surface area contributed by atoms with Gasteiger partial charge in [-0.1, -0.05) is 65.5 Å². The number of thioether (sulfide) groups is 1. The molecule has 1 heterocycles. The first-order chi connectivity index (χ1) is 14.2. The summed E-state index contributed by atoms with van der Waals surface area (Å²) in [7, 11) is 1.63. The molecule has 164 valence electrons. The van der Waals surface area contributed by atoms with Crippen molar-refractivity contribution in [1.29, 1.82) is 0 Å². The van der Waals surface area contributed by atoms with Crippen molar-refractivity contribution in [3.05, 3.63) is 29.8 Å².